The lowest BCUT2D eigenvalue weighted by Crippen LogP contribution is -2.32. The molecule has 3 rings (SSSR count). The lowest BCUT2D eigenvalue weighted by atomic mass is 9.95. The number of carbonyl (C=O) groups is 1. The molecule has 0 saturated carbocycles. The molecule has 1 aliphatic rings. The van der Waals surface area contributed by atoms with E-state index in [0.29, 0.717) is 0 Å². The average Bonchev–Trinajstić information content (AvgIpc) is 3.04. The predicted octanol–water partition coefficient (Wildman–Crippen LogP) is 0.151. The summed E-state index contributed by atoms with van der Waals surface area (Å²) in [6.45, 7) is 0. The molecule has 0 bridgehead atoms. The van der Waals surface area contributed by atoms with E-state index in [1.807, 2.05) is 4.72 Å². The Bertz CT molecular complexity index is 834. The molecule has 2 heterocycles. The summed E-state index contributed by atoms with van der Waals surface area (Å²) in [5.74, 6) is -0.704. The Labute approximate surface area is 128 Å². The van der Waals surface area contributed by atoms with Crippen LogP contribution in [0.3, 0.4) is 0 Å². The van der Waals surface area contributed by atoms with Crippen LogP contribution in [-0.2, 0) is 37.0 Å². The maximum atomic E-state index is 12.3. The standard InChI is InChI=1S/C13H17N5O3S/c1-17-7-11(14-8-17)22(20,21)16-13(19)12-9-5-3-4-6-10(9)18(2)15-12/h7-8H,3-6H2,1-2H3,(H,16,19). The number of fused-ring (bicyclic) bond motifs is 1. The second kappa shape index (κ2) is 5.24. The van der Waals surface area contributed by atoms with Gasteiger partial charge in [-0.2, -0.15) is 13.5 Å². The zero-order valence-corrected chi connectivity index (χ0v) is 13.2. The number of rotatable bonds is 3. The largest absolute Gasteiger partial charge is 0.339 e. The van der Waals surface area contributed by atoms with Gasteiger partial charge in [-0.1, -0.05) is 0 Å². The van der Waals surface area contributed by atoms with Gasteiger partial charge in [0.1, 0.15) is 0 Å². The molecule has 2 aromatic heterocycles. The summed E-state index contributed by atoms with van der Waals surface area (Å²) in [6, 6.07) is 0. The van der Waals surface area contributed by atoms with Crippen LogP contribution in [0.15, 0.2) is 17.6 Å². The number of aromatic nitrogens is 4. The highest BCUT2D eigenvalue weighted by Gasteiger charge is 2.27. The first kappa shape index (κ1) is 14.8. The number of carbonyl (C=O) groups excluding carboxylic acids is 1. The Morgan fingerprint density at radius 3 is 2.68 bits per heavy atom. The van der Waals surface area contributed by atoms with E-state index < -0.39 is 15.9 Å². The van der Waals surface area contributed by atoms with Gasteiger partial charge in [-0.15, -0.1) is 0 Å². The van der Waals surface area contributed by atoms with Gasteiger partial charge in [-0.3, -0.25) is 9.48 Å². The van der Waals surface area contributed by atoms with E-state index in [0.717, 1.165) is 36.9 Å². The molecule has 0 radical (unpaired) electrons. The average molecular weight is 323 g/mol. The van der Waals surface area contributed by atoms with Crippen molar-refractivity contribution < 1.29 is 13.2 Å². The van der Waals surface area contributed by atoms with Crippen LogP contribution in [0, 0.1) is 0 Å². The molecule has 0 spiro atoms. The Morgan fingerprint density at radius 2 is 2.00 bits per heavy atom. The Hall–Kier alpha value is -2.16. The van der Waals surface area contributed by atoms with Crippen LogP contribution in [0.4, 0.5) is 0 Å². The third kappa shape index (κ3) is 2.52. The summed E-state index contributed by atoms with van der Waals surface area (Å²) < 4.78 is 29.5. The summed E-state index contributed by atoms with van der Waals surface area (Å²) in [5.41, 5.74) is 2.05. The van der Waals surface area contributed by atoms with Gasteiger partial charge < -0.3 is 4.57 Å². The van der Waals surface area contributed by atoms with Gasteiger partial charge in [0.05, 0.1) is 6.33 Å². The van der Waals surface area contributed by atoms with Crippen molar-refractivity contribution >= 4 is 15.9 Å². The third-order valence-corrected chi connectivity index (χ3v) is 4.98. The number of hydrogen-bond acceptors (Lipinski definition) is 5. The van der Waals surface area contributed by atoms with E-state index in [-0.39, 0.29) is 10.7 Å². The predicted molar refractivity (Wildman–Crippen MR) is 77.7 cm³/mol. The van der Waals surface area contributed by atoms with Crippen LogP contribution in [0.5, 0.6) is 0 Å². The number of amides is 1. The molecule has 0 fully saturated rings. The van der Waals surface area contributed by atoms with Gasteiger partial charge in [-0.25, -0.2) is 9.71 Å². The lowest BCUT2D eigenvalue weighted by molar-refractivity contribution is 0.0975. The summed E-state index contributed by atoms with van der Waals surface area (Å²) in [7, 11) is -0.557. The van der Waals surface area contributed by atoms with E-state index >= 15 is 0 Å². The highest BCUT2D eigenvalue weighted by molar-refractivity contribution is 7.90. The summed E-state index contributed by atoms with van der Waals surface area (Å²) in [4.78, 5) is 16.1. The van der Waals surface area contributed by atoms with E-state index in [9.17, 15) is 13.2 Å². The molecule has 1 N–H and O–H groups in total. The molecule has 8 nitrogen and oxygen atoms in total. The van der Waals surface area contributed by atoms with Crippen molar-refractivity contribution in [2.45, 2.75) is 30.7 Å². The molecule has 0 atom stereocenters. The number of imidazole rings is 1. The second-order valence-corrected chi connectivity index (χ2v) is 7.05. The van der Waals surface area contributed by atoms with Crippen molar-refractivity contribution in [2.24, 2.45) is 14.1 Å². The fourth-order valence-corrected chi connectivity index (χ4v) is 3.64. The van der Waals surface area contributed by atoms with Crippen LogP contribution < -0.4 is 4.72 Å². The first-order valence-electron chi connectivity index (χ1n) is 6.98. The van der Waals surface area contributed by atoms with E-state index in [2.05, 4.69) is 10.1 Å². The molecule has 1 aliphatic carbocycles. The van der Waals surface area contributed by atoms with E-state index in [4.69, 9.17) is 0 Å². The molecule has 0 unspecified atom stereocenters. The number of hydrogen-bond donors (Lipinski definition) is 1. The molecule has 0 saturated heterocycles. The minimum atomic E-state index is -3.98. The van der Waals surface area contributed by atoms with Gasteiger partial charge in [0.2, 0.25) is 0 Å². The Morgan fingerprint density at radius 1 is 1.27 bits per heavy atom. The van der Waals surface area contributed by atoms with Crippen LogP contribution in [0.25, 0.3) is 0 Å². The van der Waals surface area contributed by atoms with E-state index in [1.54, 1.807) is 18.8 Å². The van der Waals surface area contributed by atoms with Gasteiger partial charge in [-0.05, 0) is 25.7 Å². The molecule has 1 amide bonds. The van der Waals surface area contributed by atoms with Crippen LogP contribution in [-0.4, -0.2) is 33.7 Å². The van der Waals surface area contributed by atoms with Crippen molar-refractivity contribution in [3.63, 3.8) is 0 Å². The molecule has 22 heavy (non-hydrogen) atoms. The Balaban J connectivity index is 1.89. The fraction of sp³-hybridized carbons (Fsp3) is 0.462. The van der Waals surface area contributed by atoms with Gasteiger partial charge in [0.15, 0.2) is 10.7 Å². The highest BCUT2D eigenvalue weighted by atomic mass is 32.2. The Kier molecular flexibility index (Phi) is 3.51. The number of sulfonamides is 1. The molecular weight excluding hydrogens is 306 g/mol. The number of aryl methyl sites for hydroxylation is 2. The van der Waals surface area contributed by atoms with Crippen molar-refractivity contribution in [2.75, 3.05) is 0 Å². The van der Waals surface area contributed by atoms with Gasteiger partial charge in [0.25, 0.3) is 15.9 Å². The van der Waals surface area contributed by atoms with Crippen molar-refractivity contribution in [1.29, 1.82) is 0 Å². The van der Waals surface area contributed by atoms with Gasteiger partial charge in [0, 0.05) is 31.5 Å². The van der Waals surface area contributed by atoms with Crippen LogP contribution in [0.2, 0.25) is 0 Å². The maximum Gasteiger partial charge on any atom is 0.285 e. The third-order valence-electron chi connectivity index (χ3n) is 3.76. The van der Waals surface area contributed by atoms with Crippen LogP contribution in [0.1, 0.15) is 34.6 Å². The zero-order chi connectivity index (χ0) is 15.9. The van der Waals surface area contributed by atoms with Gasteiger partial charge >= 0.3 is 0 Å². The minimum absolute atomic E-state index is 0.187. The molecule has 0 aromatic carbocycles. The molecule has 0 aliphatic heterocycles. The topological polar surface area (TPSA) is 98.9 Å². The minimum Gasteiger partial charge on any atom is -0.339 e. The molecule has 9 heteroatoms. The van der Waals surface area contributed by atoms with Crippen molar-refractivity contribution in [3.05, 3.63) is 29.5 Å². The SMILES string of the molecule is Cn1cnc(S(=O)(=O)NC(=O)c2nn(C)c3c2CCCC3)c1. The smallest absolute Gasteiger partial charge is 0.285 e. The lowest BCUT2D eigenvalue weighted by Gasteiger charge is -2.12. The monoisotopic (exact) mass is 323 g/mol. The second-order valence-electron chi connectivity index (χ2n) is 5.42. The first-order chi connectivity index (χ1) is 10.4. The summed E-state index contributed by atoms with van der Waals surface area (Å²) in [6.07, 6.45) is 6.34. The highest BCUT2D eigenvalue weighted by Crippen LogP contribution is 2.24. The molecule has 118 valence electrons. The maximum absolute atomic E-state index is 12.3. The van der Waals surface area contributed by atoms with E-state index in [1.165, 1.54) is 17.1 Å². The van der Waals surface area contributed by atoms with Crippen LogP contribution >= 0.6 is 0 Å². The fourth-order valence-electron chi connectivity index (χ4n) is 2.71. The summed E-state index contributed by atoms with van der Waals surface area (Å²) >= 11 is 0. The normalized spacial score (nSPS) is 14.6. The van der Waals surface area contributed by atoms with Crippen molar-refractivity contribution in [3.8, 4) is 0 Å². The number of nitrogens with zero attached hydrogens (tertiary/aromatic N) is 4. The quantitative estimate of drug-likeness (QED) is 0.867. The summed E-state index contributed by atoms with van der Waals surface area (Å²) in [5, 5.41) is 4.00. The van der Waals surface area contributed by atoms with Crippen molar-refractivity contribution in [1.82, 2.24) is 24.1 Å². The first-order valence-corrected chi connectivity index (χ1v) is 8.46. The molecule has 2 aromatic rings. The molecular formula is C13H17N5O3S. The number of nitrogens with one attached hydrogen (secondary N) is 1. The zero-order valence-electron chi connectivity index (χ0n) is 12.4.